The molecule has 0 aliphatic carbocycles. The Morgan fingerprint density at radius 1 is 1.48 bits per heavy atom. The molecule has 1 aromatic rings. The highest BCUT2D eigenvalue weighted by Gasteiger charge is 2.37. The zero-order valence-corrected chi connectivity index (χ0v) is 12.9. The van der Waals surface area contributed by atoms with Crippen molar-refractivity contribution < 1.29 is 9.18 Å². The van der Waals surface area contributed by atoms with Gasteiger partial charge in [0.1, 0.15) is 5.82 Å². The Balaban J connectivity index is 1.94. The van der Waals surface area contributed by atoms with Crippen LogP contribution in [-0.4, -0.2) is 42.5 Å². The highest BCUT2D eigenvalue weighted by atomic mass is 19.1. The lowest BCUT2D eigenvalue weighted by molar-refractivity contribution is -0.125. The first kappa shape index (κ1) is 15.9. The summed E-state index contributed by atoms with van der Waals surface area (Å²) in [5, 5.41) is 6.17. The third-order valence-corrected chi connectivity index (χ3v) is 4.04. The fourth-order valence-corrected chi connectivity index (χ4v) is 2.91. The summed E-state index contributed by atoms with van der Waals surface area (Å²) in [4.78, 5) is 14.2. The van der Waals surface area contributed by atoms with Gasteiger partial charge >= 0.3 is 0 Å². The fraction of sp³-hybridized carbons (Fsp3) is 0.562. The van der Waals surface area contributed by atoms with Crippen LogP contribution in [0.15, 0.2) is 24.3 Å². The van der Waals surface area contributed by atoms with Gasteiger partial charge in [0, 0.05) is 32.2 Å². The van der Waals surface area contributed by atoms with Crippen LogP contribution in [0.5, 0.6) is 0 Å². The Hall–Kier alpha value is -1.46. The third kappa shape index (κ3) is 4.02. The summed E-state index contributed by atoms with van der Waals surface area (Å²) in [6.07, 6.45) is 0.785. The molecule has 1 amide bonds. The number of hydrogen-bond acceptors (Lipinski definition) is 3. The molecule has 1 aliphatic rings. The molecule has 1 saturated heterocycles. The zero-order valence-electron chi connectivity index (χ0n) is 12.9. The van der Waals surface area contributed by atoms with Gasteiger partial charge in [-0.25, -0.2) is 4.39 Å². The van der Waals surface area contributed by atoms with Gasteiger partial charge in [-0.3, -0.25) is 9.69 Å². The SMILES string of the molecule is CNC(=O)[C@@H]1C[C@@H](NCc2cccc(F)c2)CN1C(C)C. The van der Waals surface area contributed by atoms with Gasteiger partial charge in [0.15, 0.2) is 0 Å². The summed E-state index contributed by atoms with van der Waals surface area (Å²) in [5.74, 6) is -0.147. The second kappa shape index (κ2) is 7.00. The maximum Gasteiger partial charge on any atom is 0.237 e. The second-order valence-corrected chi connectivity index (χ2v) is 5.86. The van der Waals surface area contributed by atoms with E-state index in [0.29, 0.717) is 12.6 Å². The van der Waals surface area contributed by atoms with Crippen LogP contribution < -0.4 is 10.6 Å². The number of amides is 1. The van der Waals surface area contributed by atoms with Crippen LogP contribution in [0.25, 0.3) is 0 Å². The number of hydrogen-bond donors (Lipinski definition) is 2. The average Bonchev–Trinajstić information content (AvgIpc) is 2.89. The van der Waals surface area contributed by atoms with Gasteiger partial charge in [0.2, 0.25) is 5.91 Å². The number of nitrogens with one attached hydrogen (secondary N) is 2. The maximum absolute atomic E-state index is 13.2. The second-order valence-electron chi connectivity index (χ2n) is 5.86. The first-order chi connectivity index (χ1) is 10.0. The molecule has 5 heteroatoms. The molecule has 21 heavy (non-hydrogen) atoms. The molecule has 2 N–H and O–H groups in total. The number of halogens is 1. The Labute approximate surface area is 125 Å². The van der Waals surface area contributed by atoms with Crippen molar-refractivity contribution in [2.45, 2.75) is 44.9 Å². The summed E-state index contributed by atoms with van der Waals surface area (Å²) in [6.45, 7) is 5.66. The van der Waals surface area contributed by atoms with Gasteiger partial charge < -0.3 is 10.6 Å². The van der Waals surface area contributed by atoms with E-state index in [9.17, 15) is 9.18 Å². The molecule has 0 spiro atoms. The molecule has 4 nitrogen and oxygen atoms in total. The molecule has 1 aliphatic heterocycles. The molecule has 2 atom stereocenters. The molecule has 2 rings (SSSR count). The van der Waals surface area contributed by atoms with Gasteiger partial charge in [-0.05, 0) is 38.0 Å². The predicted molar refractivity (Wildman–Crippen MR) is 81.3 cm³/mol. The van der Waals surface area contributed by atoms with Crippen LogP contribution in [0.3, 0.4) is 0 Å². The van der Waals surface area contributed by atoms with Gasteiger partial charge in [-0.1, -0.05) is 12.1 Å². The van der Waals surface area contributed by atoms with E-state index in [-0.39, 0.29) is 23.8 Å². The molecular weight excluding hydrogens is 269 g/mol. The monoisotopic (exact) mass is 293 g/mol. The molecule has 0 radical (unpaired) electrons. The molecule has 1 aromatic carbocycles. The van der Waals surface area contributed by atoms with Crippen LogP contribution in [0.1, 0.15) is 25.8 Å². The van der Waals surface area contributed by atoms with Crippen LogP contribution in [-0.2, 0) is 11.3 Å². The van der Waals surface area contributed by atoms with Crippen molar-refractivity contribution in [2.24, 2.45) is 0 Å². The van der Waals surface area contributed by atoms with Gasteiger partial charge in [0.25, 0.3) is 0 Å². The number of rotatable bonds is 5. The topological polar surface area (TPSA) is 44.4 Å². The van der Waals surface area contributed by atoms with Crippen molar-refractivity contribution in [1.29, 1.82) is 0 Å². The van der Waals surface area contributed by atoms with E-state index in [0.717, 1.165) is 18.5 Å². The van der Waals surface area contributed by atoms with Crippen molar-refractivity contribution in [3.05, 3.63) is 35.6 Å². The normalized spacial score (nSPS) is 22.7. The van der Waals surface area contributed by atoms with Crippen LogP contribution in [0.4, 0.5) is 4.39 Å². The predicted octanol–water partition coefficient (Wildman–Crippen LogP) is 1.51. The first-order valence-corrected chi connectivity index (χ1v) is 7.46. The Bertz CT molecular complexity index is 492. The van der Waals surface area contributed by atoms with E-state index >= 15 is 0 Å². The minimum atomic E-state index is -0.215. The average molecular weight is 293 g/mol. The lowest BCUT2D eigenvalue weighted by Crippen LogP contribution is -2.45. The van der Waals surface area contributed by atoms with Crippen molar-refractivity contribution in [2.75, 3.05) is 13.6 Å². The van der Waals surface area contributed by atoms with Crippen molar-refractivity contribution in [3.8, 4) is 0 Å². The van der Waals surface area contributed by atoms with E-state index in [2.05, 4.69) is 29.4 Å². The minimum Gasteiger partial charge on any atom is -0.358 e. The molecule has 116 valence electrons. The van der Waals surface area contributed by atoms with E-state index in [1.54, 1.807) is 19.2 Å². The molecular formula is C16H24FN3O. The van der Waals surface area contributed by atoms with Crippen molar-refractivity contribution >= 4 is 5.91 Å². The Morgan fingerprint density at radius 3 is 2.86 bits per heavy atom. The number of likely N-dealkylation sites (tertiary alicyclic amines) is 1. The van der Waals surface area contributed by atoms with E-state index in [4.69, 9.17) is 0 Å². The smallest absolute Gasteiger partial charge is 0.237 e. The number of likely N-dealkylation sites (N-methyl/N-ethyl adjacent to an activating group) is 1. The Morgan fingerprint density at radius 2 is 2.24 bits per heavy atom. The van der Waals surface area contributed by atoms with E-state index in [1.807, 2.05) is 6.07 Å². The van der Waals surface area contributed by atoms with Crippen LogP contribution in [0, 0.1) is 5.82 Å². The first-order valence-electron chi connectivity index (χ1n) is 7.46. The fourth-order valence-electron chi connectivity index (χ4n) is 2.91. The van der Waals surface area contributed by atoms with E-state index < -0.39 is 0 Å². The number of carbonyl (C=O) groups is 1. The van der Waals surface area contributed by atoms with Gasteiger partial charge in [-0.2, -0.15) is 0 Å². The quantitative estimate of drug-likeness (QED) is 0.865. The highest BCUT2D eigenvalue weighted by molar-refractivity contribution is 5.81. The number of carbonyl (C=O) groups excluding carboxylic acids is 1. The van der Waals surface area contributed by atoms with Crippen molar-refractivity contribution in [3.63, 3.8) is 0 Å². The van der Waals surface area contributed by atoms with E-state index in [1.165, 1.54) is 6.07 Å². The molecule has 1 heterocycles. The van der Waals surface area contributed by atoms with Crippen LogP contribution >= 0.6 is 0 Å². The van der Waals surface area contributed by atoms with Crippen LogP contribution in [0.2, 0.25) is 0 Å². The minimum absolute atomic E-state index is 0.0683. The van der Waals surface area contributed by atoms with Crippen molar-refractivity contribution in [1.82, 2.24) is 15.5 Å². The lowest BCUT2D eigenvalue weighted by Gasteiger charge is -2.26. The highest BCUT2D eigenvalue weighted by Crippen LogP contribution is 2.21. The summed E-state index contributed by atoms with van der Waals surface area (Å²) in [5.41, 5.74) is 0.925. The lowest BCUT2D eigenvalue weighted by atomic mass is 10.1. The summed E-state index contributed by atoms with van der Waals surface area (Å²) in [6, 6.07) is 7.10. The largest absolute Gasteiger partial charge is 0.358 e. The van der Waals surface area contributed by atoms with Gasteiger partial charge in [-0.15, -0.1) is 0 Å². The zero-order chi connectivity index (χ0) is 15.4. The maximum atomic E-state index is 13.2. The number of benzene rings is 1. The standard InChI is InChI=1S/C16H24FN3O/c1-11(2)20-10-14(8-15(20)16(21)18-3)19-9-12-5-4-6-13(17)7-12/h4-7,11,14-15,19H,8-10H2,1-3H3,(H,18,21)/t14-,15+/m1/s1. The number of nitrogens with zero attached hydrogens (tertiary/aromatic N) is 1. The Kier molecular flexibility index (Phi) is 5.31. The molecule has 0 bridgehead atoms. The molecule has 0 unspecified atom stereocenters. The molecule has 1 fully saturated rings. The van der Waals surface area contributed by atoms with Gasteiger partial charge in [0.05, 0.1) is 6.04 Å². The summed E-state index contributed by atoms with van der Waals surface area (Å²) in [7, 11) is 1.67. The summed E-state index contributed by atoms with van der Waals surface area (Å²) < 4.78 is 13.2. The molecule has 0 aromatic heterocycles. The molecule has 0 saturated carbocycles. The third-order valence-electron chi connectivity index (χ3n) is 4.04. The summed E-state index contributed by atoms with van der Waals surface area (Å²) >= 11 is 0.